The van der Waals surface area contributed by atoms with Crippen LogP contribution in [0, 0.1) is 5.92 Å². The van der Waals surface area contributed by atoms with E-state index in [1.165, 1.54) is 5.56 Å². The van der Waals surface area contributed by atoms with Crippen molar-refractivity contribution in [3.63, 3.8) is 0 Å². The van der Waals surface area contributed by atoms with Crippen LogP contribution < -0.4 is 5.30 Å². The number of piperidine rings is 1. The molecule has 1 aliphatic heterocycles. The molecule has 4 heterocycles. The highest BCUT2D eigenvalue weighted by atomic mass is 31.0. The standard InChI is InChI=1S/C28H28N7O2P/c36-18-20-4-3-15-34(17-20)16-19-7-9-22(10-8-19)27-30-28(37-32-27)25-26(21-11-13-29-14-12-21)35(33-31-25)23-5-1-2-6-24(23)38/h1-2,5-14,20,36H,3-4,15-18,38H2. The highest BCUT2D eigenvalue weighted by molar-refractivity contribution is 7.27. The third-order valence-electron chi connectivity index (χ3n) is 6.90. The number of benzene rings is 2. The molecule has 0 amide bonds. The van der Waals surface area contributed by atoms with Crippen LogP contribution in [0.15, 0.2) is 77.6 Å². The SMILES string of the molecule is OCC1CCCN(Cc2ccc(-c3noc(-c4nnn(-c5ccccc5P)c4-c4ccncc4)n3)cc2)C1. The Morgan fingerprint density at radius 3 is 2.61 bits per heavy atom. The van der Waals surface area contributed by atoms with Crippen LogP contribution in [-0.2, 0) is 6.54 Å². The van der Waals surface area contributed by atoms with E-state index in [1.54, 1.807) is 17.1 Å². The van der Waals surface area contributed by atoms with Gasteiger partial charge < -0.3 is 9.63 Å². The predicted molar refractivity (Wildman–Crippen MR) is 148 cm³/mol. The van der Waals surface area contributed by atoms with Gasteiger partial charge in [0.1, 0.15) is 5.69 Å². The minimum absolute atomic E-state index is 0.260. The highest BCUT2D eigenvalue weighted by Crippen LogP contribution is 2.32. The maximum absolute atomic E-state index is 9.51. The van der Waals surface area contributed by atoms with Gasteiger partial charge in [-0.05, 0) is 54.4 Å². The largest absolute Gasteiger partial charge is 0.396 e. The number of aliphatic hydroxyl groups is 1. The van der Waals surface area contributed by atoms with Crippen LogP contribution in [0.25, 0.3) is 39.9 Å². The van der Waals surface area contributed by atoms with Crippen molar-refractivity contribution in [3.8, 4) is 39.9 Å². The van der Waals surface area contributed by atoms with E-state index in [0.29, 0.717) is 23.3 Å². The summed E-state index contributed by atoms with van der Waals surface area (Å²) in [6.07, 6.45) is 5.70. The molecule has 1 saturated heterocycles. The zero-order valence-electron chi connectivity index (χ0n) is 20.8. The first-order valence-electron chi connectivity index (χ1n) is 12.7. The van der Waals surface area contributed by atoms with Crippen LogP contribution >= 0.6 is 9.24 Å². The number of rotatable bonds is 7. The van der Waals surface area contributed by atoms with E-state index in [0.717, 1.165) is 60.3 Å². The quantitative estimate of drug-likeness (QED) is 0.320. The Labute approximate surface area is 222 Å². The van der Waals surface area contributed by atoms with Crippen LogP contribution in [0.5, 0.6) is 0 Å². The molecule has 0 bridgehead atoms. The normalized spacial score (nSPS) is 16.1. The van der Waals surface area contributed by atoms with Gasteiger partial charge in [-0.15, -0.1) is 14.3 Å². The molecule has 1 fully saturated rings. The Morgan fingerprint density at radius 1 is 1.00 bits per heavy atom. The summed E-state index contributed by atoms with van der Waals surface area (Å²) in [6, 6.07) is 20.0. The van der Waals surface area contributed by atoms with Gasteiger partial charge in [0.15, 0.2) is 5.69 Å². The number of hydrogen-bond acceptors (Lipinski definition) is 8. The number of para-hydroxylation sites is 1. The molecule has 0 radical (unpaired) electrons. The van der Waals surface area contributed by atoms with Crippen LogP contribution in [-0.4, -0.2) is 59.8 Å². The molecular formula is C28H28N7O2P. The molecule has 0 spiro atoms. The lowest BCUT2D eigenvalue weighted by Crippen LogP contribution is -2.36. The summed E-state index contributed by atoms with van der Waals surface area (Å²) in [5.41, 5.74) is 5.11. The number of nitrogens with zero attached hydrogens (tertiary/aromatic N) is 7. The molecule has 9 nitrogen and oxygen atoms in total. The van der Waals surface area contributed by atoms with Gasteiger partial charge in [0.05, 0.1) is 5.69 Å². The predicted octanol–water partition coefficient (Wildman–Crippen LogP) is 3.75. The maximum Gasteiger partial charge on any atom is 0.281 e. The molecule has 38 heavy (non-hydrogen) atoms. The van der Waals surface area contributed by atoms with Crippen molar-refractivity contribution in [2.45, 2.75) is 19.4 Å². The second kappa shape index (κ2) is 10.9. The smallest absolute Gasteiger partial charge is 0.281 e. The van der Waals surface area contributed by atoms with E-state index in [4.69, 9.17) is 4.52 Å². The molecule has 1 aliphatic rings. The van der Waals surface area contributed by atoms with Gasteiger partial charge in [0.25, 0.3) is 5.89 Å². The second-order valence-electron chi connectivity index (χ2n) is 9.54. The molecule has 0 aliphatic carbocycles. The van der Waals surface area contributed by atoms with Gasteiger partial charge in [0.2, 0.25) is 5.82 Å². The van der Waals surface area contributed by atoms with E-state index >= 15 is 0 Å². The second-order valence-corrected chi connectivity index (χ2v) is 10.2. The molecule has 192 valence electrons. The average Bonchev–Trinajstić information content (AvgIpc) is 3.62. The highest BCUT2D eigenvalue weighted by Gasteiger charge is 2.24. The summed E-state index contributed by atoms with van der Waals surface area (Å²) < 4.78 is 7.48. The number of pyridine rings is 1. The zero-order valence-corrected chi connectivity index (χ0v) is 22.0. The van der Waals surface area contributed by atoms with E-state index in [1.807, 2.05) is 48.5 Å². The molecule has 5 aromatic rings. The van der Waals surface area contributed by atoms with Crippen molar-refractivity contribution in [1.82, 2.24) is 35.0 Å². The van der Waals surface area contributed by atoms with Crippen molar-refractivity contribution in [2.75, 3.05) is 19.7 Å². The Morgan fingerprint density at radius 2 is 1.82 bits per heavy atom. The first-order chi connectivity index (χ1) is 18.7. The fourth-order valence-electron chi connectivity index (χ4n) is 4.94. The van der Waals surface area contributed by atoms with E-state index in [2.05, 4.69) is 51.7 Å². The van der Waals surface area contributed by atoms with E-state index in [9.17, 15) is 5.11 Å². The molecular weight excluding hydrogens is 497 g/mol. The Bertz CT molecular complexity index is 1520. The fourth-order valence-corrected chi connectivity index (χ4v) is 5.27. The minimum Gasteiger partial charge on any atom is -0.396 e. The average molecular weight is 526 g/mol. The topological polar surface area (TPSA) is 106 Å². The molecule has 6 rings (SSSR count). The lowest BCUT2D eigenvalue weighted by atomic mass is 9.98. The van der Waals surface area contributed by atoms with Crippen LogP contribution in [0.4, 0.5) is 0 Å². The summed E-state index contributed by atoms with van der Waals surface area (Å²) in [4.78, 5) is 11.2. The van der Waals surface area contributed by atoms with Gasteiger partial charge >= 0.3 is 0 Å². The zero-order chi connectivity index (χ0) is 25.9. The van der Waals surface area contributed by atoms with Crippen LogP contribution in [0.2, 0.25) is 0 Å². The van der Waals surface area contributed by atoms with E-state index < -0.39 is 0 Å². The van der Waals surface area contributed by atoms with Crippen molar-refractivity contribution in [3.05, 3.63) is 78.6 Å². The molecule has 2 aromatic carbocycles. The minimum atomic E-state index is 0.260. The summed E-state index contributed by atoms with van der Waals surface area (Å²) in [7, 11) is 2.74. The summed E-state index contributed by atoms with van der Waals surface area (Å²) in [5.74, 6) is 1.17. The van der Waals surface area contributed by atoms with Crippen LogP contribution in [0.3, 0.4) is 0 Å². The summed E-state index contributed by atoms with van der Waals surface area (Å²) >= 11 is 0. The summed E-state index contributed by atoms with van der Waals surface area (Å²) in [6.45, 7) is 3.13. The third kappa shape index (κ3) is 5.00. The number of likely N-dealkylation sites (tertiary alicyclic amines) is 1. The van der Waals surface area contributed by atoms with Crippen molar-refractivity contribution < 1.29 is 9.63 Å². The monoisotopic (exact) mass is 525 g/mol. The first-order valence-corrected chi connectivity index (χ1v) is 13.2. The molecule has 0 saturated carbocycles. The molecule has 1 N–H and O–H groups in total. The third-order valence-corrected chi connectivity index (χ3v) is 7.39. The Balaban J connectivity index is 1.29. The fraction of sp³-hybridized carbons (Fsp3) is 0.250. The Hall–Kier alpha value is -3.78. The number of aromatic nitrogens is 6. The molecule has 2 unspecified atom stereocenters. The maximum atomic E-state index is 9.51. The number of aliphatic hydroxyl groups excluding tert-OH is 1. The van der Waals surface area contributed by atoms with Gasteiger partial charge in [-0.2, -0.15) is 4.98 Å². The lowest BCUT2D eigenvalue weighted by Gasteiger charge is -2.31. The Kier molecular flexibility index (Phi) is 7.05. The van der Waals surface area contributed by atoms with Gasteiger partial charge in [-0.25, -0.2) is 4.68 Å². The van der Waals surface area contributed by atoms with Crippen molar-refractivity contribution >= 4 is 14.5 Å². The number of hydrogen-bond donors (Lipinski definition) is 1. The van der Waals surface area contributed by atoms with Gasteiger partial charge in [-0.1, -0.05) is 52.8 Å². The van der Waals surface area contributed by atoms with Gasteiger partial charge in [-0.3, -0.25) is 9.88 Å². The summed E-state index contributed by atoms with van der Waals surface area (Å²) in [5, 5.41) is 23.6. The van der Waals surface area contributed by atoms with E-state index in [-0.39, 0.29) is 6.61 Å². The lowest BCUT2D eigenvalue weighted by molar-refractivity contribution is 0.116. The van der Waals surface area contributed by atoms with Crippen molar-refractivity contribution in [2.24, 2.45) is 5.92 Å². The molecule has 2 atom stereocenters. The van der Waals surface area contributed by atoms with Crippen molar-refractivity contribution in [1.29, 1.82) is 0 Å². The molecule has 10 heteroatoms. The van der Waals surface area contributed by atoms with Crippen LogP contribution in [0.1, 0.15) is 18.4 Å². The molecule has 3 aromatic heterocycles. The first kappa shape index (κ1) is 24.6. The van der Waals surface area contributed by atoms with Gasteiger partial charge in [0, 0.05) is 43.2 Å².